The number of aryl methyl sites for hydroxylation is 1. The second-order valence-electron chi connectivity index (χ2n) is 7.55. The van der Waals surface area contributed by atoms with Crippen molar-refractivity contribution in [3.05, 3.63) is 105 Å². The molecule has 5 nitrogen and oxygen atoms in total. The van der Waals surface area contributed by atoms with E-state index in [0.717, 1.165) is 5.56 Å². The van der Waals surface area contributed by atoms with E-state index >= 15 is 0 Å². The van der Waals surface area contributed by atoms with Gasteiger partial charge in [0, 0.05) is 24.4 Å². The van der Waals surface area contributed by atoms with Gasteiger partial charge in [-0.1, -0.05) is 42.0 Å². The number of carbonyl (C=O) groups is 1. The molecule has 3 aromatic carbocycles. The third kappa shape index (κ3) is 3.46. The van der Waals surface area contributed by atoms with Crippen molar-refractivity contribution < 1.29 is 18.7 Å². The Labute approximate surface area is 177 Å². The number of ether oxygens (including phenoxy) is 2. The molecular formula is C25H18FNO4. The maximum atomic E-state index is 13.7. The van der Waals surface area contributed by atoms with Gasteiger partial charge in [0.25, 0.3) is 0 Å². The standard InChI is InChI=1S/C25H18FNO4/c1-15-5-7-17(8-6-15)24(28)20-13-27(12-16-3-2-4-18(26)9-16)21-11-23-22(30-14-31-23)10-19(21)25(20)29/h2-11,13H,12,14H2,1H3. The largest absolute Gasteiger partial charge is 0.454 e. The zero-order valence-electron chi connectivity index (χ0n) is 16.7. The lowest BCUT2D eigenvalue weighted by Gasteiger charge is -2.14. The predicted molar refractivity (Wildman–Crippen MR) is 114 cm³/mol. The number of benzene rings is 3. The fraction of sp³-hybridized carbons (Fsp3) is 0.120. The van der Waals surface area contributed by atoms with Crippen molar-refractivity contribution in [1.29, 1.82) is 0 Å². The van der Waals surface area contributed by atoms with Crippen LogP contribution in [0.3, 0.4) is 0 Å². The van der Waals surface area contributed by atoms with E-state index in [2.05, 4.69) is 0 Å². The average molecular weight is 415 g/mol. The number of ketones is 1. The summed E-state index contributed by atoms with van der Waals surface area (Å²) in [4.78, 5) is 26.5. The Bertz CT molecular complexity index is 1390. The molecule has 0 saturated heterocycles. The molecule has 0 saturated carbocycles. The fourth-order valence-corrected chi connectivity index (χ4v) is 3.76. The quantitative estimate of drug-likeness (QED) is 0.462. The second-order valence-corrected chi connectivity index (χ2v) is 7.55. The molecule has 5 rings (SSSR count). The summed E-state index contributed by atoms with van der Waals surface area (Å²) in [5, 5.41) is 0.346. The summed E-state index contributed by atoms with van der Waals surface area (Å²) >= 11 is 0. The molecule has 1 aliphatic rings. The summed E-state index contributed by atoms with van der Waals surface area (Å²) in [7, 11) is 0. The summed E-state index contributed by atoms with van der Waals surface area (Å²) < 4.78 is 26.4. The van der Waals surface area contributed by atoms with Gasteiger partial charge in [0.15, 0.2) is 17.3 Å². The van der Waals surface area contributed by atoms with Crippen LogP contribution in [0.15, 0.2) is 71.7 Å². The van der Waals surface area contributed by atoms with Gasteiger partial charge >= 0.3 is 0 Å². The van der Waals surface area contributed by atoms with E-state index in [1.807, 2.05) is 19.1 Å². The van der Waals surface area contributed by atoms with Gasteiger partial charge in [0.05, 0.1) is 16.5 Å². The fourth-order valence-electron chi connectivity index (χ4n) is 3.76. The van der Waals surface area contributed by atoms with Crippen LogP contribution >= 0.6 is 0 Å². The highest BCUT2D eigenvalue weighted by molar-refractivity contribution is 6.10. The first-order valence-electron chi connectivity index (χ1n) is 9.82. The Balaban J connectivity index is 1.71. The van der Waals surface area contributed by atoms with E-state index in [0.29, 0.717) is 33.5 Å². The molecule has 0 radical (unpaired) electrons. The first-order valence-corrected chi connectivity index (χ1v) is 9.82. The number of carbonyl (C=O) groups excluding carboxylic acids is 1. The monoisotopic (exact) mass is 415 g/mol. The minimum Gasteiger partial charge on any atom is -0.454 e. The van der Waals surface area contributed by atoms with Crippen LogP contribution in [-0.4, -0.2) is 17.1 Å². The van der Waals surface area contributed by atoms with Crippen molar-refractivity contribution in [2.24, 2.45) is 0 Å². The van der Waals surface area contributed by atoms with Gasteiger partial charge in [-0.25, -0.2) is 4.39 Å². The van der Waals surface area contributed by atoms with Crippen LogP contribution in [0.5, 0.6) is 11.5 Å². The van der Waals surface area contributed by atoms with Crippen LogP contribution < -0.4 is 14.9 Å². The van der Waals surface area contributed by atoms with E-state index in [4.69, 9.17) is 9.47 Å². The Morgan fingerprint density at radius 3 is 2.52 bits per heavy atom. The molecule has 1 aromatic heterocycles. The lowest BCUT2D eigenvalue weighted by molar-refractivity contribution is 0.103. The summed E-state index contributed by atoms with van der Waals surface area (Å²) in [5.41, 5.74) is 2.41. The first-order chi connectivity index (χ1) is 15.0. The van der Waals surface area contributed by atoms with Crippen LogP contribution in [0.1, 0.15) is 27.0 Å². The van der Waals surface area contributed by atoms with Gasteiger partial charge in [-0.05, 0) is 30.7 Å². The zero-order chi connectivity index (χ0) is 21.5. The Hall–Kier alpha value is -3.93. The van der Waals surface area contributed by atoms with E-state index in [1.54, 1.807) is 47.2 Å². The van der Waals surface area contributed by atoms with Crippen LogP contribution in [0.2, 0.25) is 0 Å². The van der Waals surface area contributed by atoms with Crippen LogP contribution in [0.4, 0.5) is 4.39 Å². The average Bonchev–Trinajstić information content (AvgIpc) is 3.22. The van der Waals surface area contributed by atoms with E-state index in [9.17, 15) is 14.0 Å². The molecular weight excluding hydrogens is 397 g/mol. The number of rotatable bonds is 4. The molecule has 4 aromatic rings. The van der Waals surface area contributed by atoms with Crippen molar-refractivity contribution in [3.63, 3.8) is 0 Å². The Morgan fingerprint density at radius 1 is 1.03 bits per heavy atom. The summed E-state index contributed by atoms with van der Waals surface area (Å²) in [6.07, 6.45) is 1.54. The number of halogens is 1. The molecule has 1 aliphatic heterocycles. The number of fused-ring (bicyclic) bond motifs is 2. The topological polar surface area (TPSA) is 57.5 Å². The molecule has 0 spiro atoms. The van der Waals surface area contributed by atoms with Gasteiger partial charge in [-0.15, -0.1) is 0 Å². The molecule has 154 valence electrons. The lowest BCUT2D eigenvalue weighted by atomic mass is 10.0. The minimum absolute atomic E-state index is 0.0478. The van der Waals surface area contributed by atoms with Gasteiger partial charge in [0.1, 0.15) is 5.82 Å². The third-order valence-electron chi connectivity index (χ3n) is 5.37. The number of aromatic nitrogens is 1. The molecule has 0 aliphatic carbocycles. The van der Waals surface area contributed by atoms with Gasteiger partial charge in [0.2, 0.25) is 12.2 Å². The molecule has 0 N–H and O–H groups in total. The van der Waals surface area contributed by atoms with E-state index < -0.39 is 0 Å². The van der Waals surface area contributed by atoms with E-state index in [1.165, 1.54) is 12.1 Å². The third-order valence-corrected chi connectivity index (χ3v) is 5.37. The molecule has 0 unspecified atom stereocenters. The molecule has 2 heterocycles. The highest BCUT2D eigenvalue weighted by atomic mass is 19.1. The second kappa shape index (κ2) is 7.40. The normalized spacial score (nSPS) is 12.3. The Morgan fingerprint density at radius 2 is 1.77 bits per heavy atom. The van der Waals surface area contributed by atoms with Crippen LogP contribution in [0, 0.1) is 12.7 Å². The van der Waals surface area contributed by atoms with Crippen molar-refractivity contribution in [2.75, 3.05) is 6.79 Å². The predicted octanol–water partition coefficient (Wildman–Crippen LogP) is 4.46. The number of nitrogens with zero attached hydrogens (tertiary/aromatic N) is 1. The maximum Gasteiger partial charge on any atom is 0.231 e. The van der Waals surface area contributed by atoms with Gasteiger partial charge in [-0.2, -0.15) is 0 Å². The van der Waals surface area contributed by atoms with Crippen molar-refractivity contribution in [3.8, 4) is 11.5 Å². The maximum absolute atomic E-state index is 13.7. The molecule has 31 heavy (non-hydrogen) atoms. The van der Waals surface area contributed by atoms with Crippen molar-refractivity contribution in [1.82, 2.24) is 4.57 Å². The molecule has 0 amide bonds. The minimum atomic E-state index is -0.380. The molecule has 0 bridgehead atoms. The van der Waals surface area contributed by atoms with Crippen LogP contribution in [0.25, 0.3) is 10.9 Å². The SMILES string of the molecule is Cc1ccc(C(=O)c2cn(Cc3cccc(F)c3)c3cc4c(cc3c2=O)OCO4)cc1. The van der Waals surface area contributed by atoms with Crippen molar-refractivity contribution >= 4 is 16.7 Å². The smallest absolute Gasteiger partial charge is 0.231 e. The summed E-state index contributed by atoms with van der Waals surface area (Å²) in [5.74, 6) is 0.272. The first kappa shape index (κ1) is 19.1. The highest BCUT2D eigenvalue weighted by Crippen LogP contribution is 2.35. The molecule has 0 fully saturated rings. The number of hydrogen-bond donors (Lipinski definition) is 0. The number of hydrogen-bond acceptors (Lipinski definition) is 4. The van der Waals surface area contributed by atoms with E-state index in [-0.39, 0.29) is 35.9 Å². The summed E-state index contributed by atoms with van der Waals surface area (Å²) in [6.45, 7) is 2.28. The Kier molecular flexibility index (Phi) is 4.55. The zero-order valence-corrected chi connectivity index (χ0v) is 16.7. The highest BCUT2D eigenvalue weighted by Gasteiger charge is 2.21. The summed E-state index contributed by atoms with van der Waals surface area (Å²) in [6, 6.07) is 16.6. The lowest BCUT2D eigenvalue weighted by Crippen LogP contribution is -2.20. The van der Waals surface area contributed by atoms with Crippen LogP contribution in [-0.2, 0) is 6.54 Å². The van der Waals surface area contributed by atoms with Gasteiger partial charge < -0.3 is 14.0 Å². The number of pyridine rings is 1. The molecule has 0 atom stereocenters. The molecule has 6 heteroatoms. The van der Waals surface area contributed by atoms with Crippen molar-refractivity contribution in [2.45, 2.75) is 13.5 Å². The van der Waals surface area contributed by atoms with Gasteiger partial charge in [-0.3, -0.25) is 9.59 Å².